The second-order valence-corrected chi connectivity index (χ2v) is 9.87. The van der Waals surface area contributed by atoms with Crippen LogP contribution in [0.15, 0.2) is 22.5 Å². The number of piperidine rings is 1. The minimum atomic E-state index is 0. The highest BCUT2D eigenvalue weighted by Crippen LogP contribution is 2.41. The van der Waals surface area contributed by atoms with Gasteiger partial charge in [-0.15, -0.1) is 35.3 Å². The van der Waals surface area contributed by atoms with E-state index in [4.69, 9.17) is 4.74 Å². The molecule has 2 aliphatic rings. The number of aliphatic imine (C=N–C) groups is 1. The van der Waals surface area contributed by atoms with Crippen molar-refractivity contribution in [1.82, 2.24) is 15.5 Å². The van der Waals surface area contributed by atoms with E-state index in [-0.39, 0.29) is 29.4 Å². The highest BCUT2D eigenvalue weighted by molar-refractivity contribution is 14.0. The summed E-state index contributed by atoms with van der Waals surface area (Å²) >= 11 is 1.92. The van der Waals surface area contributed by atoms with Crippen molar-refractivity contribution >= 4 is 41.3 Å². The molecule has 1 aliphatic heterocycles. The molecule has 1 aliphatic carbocycles. The molecular formula is C23H41IN4OS. The summed E-state index contributed by atoms with van der Waals surface area (Å²) in [5, 5.41) is 9.59. The predicted octanol–water partition coefficient (Wildman–Crippen LogP) is 4.62. The molecule has 2 fully saturated rings. The van der Waals surface area contributed by atoms with E-state index < -0.39 is 0 Å². The van der Waals surface area contributed by atoms with Crippen molar-refractivity contribution in [1.29, 1.82) is 0 Å². The quantitative estimate of drug-likeness (QED) is 0.283. The third kappa shape index (κ3) is 7.64. The van der Waals surface area contributed by atoms with Crippen molar-refractivity contribution in [2.45, 2.75) is 76.4 Å². The number of thiophene rings is 1. The van der Waals surface area contributed by atoms with E-state index in [0.717, 1.165) is 38.7 Å². The molecule has 2 heterocycles. The fraction of sp³-hybridized carbons (Fsp3) is 0.783. The molecule has 1 aromatic rings. The summed E-state index contributed by atoms with van der Waals surface area (Å²) in [6.45, 7) is 9.34. The summed E-state index contributed by atoms with van der Waals surface area (Å²) in [6.07, 6.45) is 9.28. The molecule has 0 aromatic carbocycles. The van der Waals surface area contributed by atoms with Crippen LogP contribution in [0.2, 0.25) is 0 Å². The van der Waals surface area contributed by atoms with E-state index in [2.05, 4.69) is 51.9 Å². The number of hydrogen-bond donors (Lipinski definition) is 2. The van der Waals surface area contributed by atoms with Crippen LogP contribution in [0.3, 0.4) is 0 Å². The maximum absolute atomic E-state index is 5.70. The van der Waals surface area contributed by atoms with E-state index in [1.165, 1.54) is 49.8 Å². The van der Waals surface area contributed by atoms with Gasteiger partial charge in [0, 0.05) is 49.6 Å². The van der Waals surface area contributed by atoms with Crippen LogP contribution in [-0.2, 0) is 10.2 Å². The van der Waals surface area contributed by atoms with E-state index >= 15 is 0 Å². The second kappa shape index (κ2) is 13.2. The van der Waals surface area contributed by atoms with Crippen LogP contribution in [0.4, 0.5) is 0 Å². The maximum Gasteiger partial charge on any atom is 0.191 e. The van der Waals surface area contributed by atoms with Gasteiger partial charge in [0.15, 0.2) is 5.96 Å². The van der Waals surface area contributed by atoms with E-state index in [1.807, 2.05) is 18.4 Å². The minimum absolute atomic E-state index is 0. The first-order valence-corrected chi connectivity index (χ1v) is 12.3. The molecule has 0 amide bonds. The van der Waals surface area contributed by atoms with Gasteiger partial charge in [0.25, 0.3) is 0 Å². The Balaban J connectivity index is 0.00000320. The SMILES string of the molecule is CN=C(NCC1(c2cccs2)CCCCC1)NC1CCN(CCOC(C)C)CC1.I. The minimum Gasteiger partial charge on any atom is -0.377 e. The van der Waals surface area contributed by atoms with Gasteiger partial charge in [-0.25, -0.2) is 0 Å². The van der Waals surface area contributed by atoms with Gasteiger partial charge < -0.3 is 20.3 Å². The summed E-state index contributed by atoms with van der Waals surface area (Å²) in [5.41, 5.74) is 0.282. The molecular weight excluding hydrogens is 507 g/mol. The normalized spacial score (nSPS) is 20.7. The molecule has 5 nitrogen and oxygen atoms in total. The Morgan fingerprint density at radius 3 is 2.60 bits per heavy atom. The second-order valence-electron chi connectivity index (χ2n) is 8.92. The summed E-state index contributed by atoms with van der Waals surface area (Å²) < 4.78 is 5.70. The zero-order chi connectivity index (χ0) is 20.5. The highest BCUT2D eigenvalue weighted by Gasteiger charge is 2.35. The summed E-state index contributed by atoms with van der Waals surface area (Å²) in [5.74, 6) is 0.966. The molecule has 30 heavy (non-hydrogen) atoms. The molecule has 7 heteroatoms. The number of hydrogen-bond acceptors (Lipinski definition) is 4. The Labute approximate surface area is 204 Å². The average molecular weight is 549 g/mol. The van der Waals surface area contributed by atoms with Crippen LogP contribution in [0.1, 0.15) is 63.7 Å². The number of guanidine groups is 1. The third-order valence-electron chi connectivity index (χ3n) is 6.46. The fourth-order valence-electron chi connectivity index (χ4n) is 4.68. The summed E-state index contributed by atoms with van der Waals surface area (Å²) in [7, 11) is 1.90. The van der Waals surface area contributed by atoms with Crippen LogP contribution in [0, 0.1) is 0 Å². The molecule has 1 saturated carbocycles. The highest BCUT2D eigenvalue weighted by atomic mass is 127. The molecule has 0 atom stereocenters. The lowest BCUT2D eigenvalue weighted by molar-refractivity contribution is 0.0532. The number of rotatable bonds is 8. The predicted molar refractivity (Wildman–Crippen MR) is 140 cm³/mol. The molecule has 1 saturated heterocycles. The van der Waals surface area contributed by atoms with Gasteiger partial charge in [-0.2, -0.15) is 0 Å². The van der Waals surface area contributed by atoms with Crippen LogP contribution >= 0.6 is 35.3 Å². The molecule has 172 valence electrons. The largest absolute Gasteiger partial charge is 0.377 e. The van der Waals surface area contributed by atoms with Crippen LogP contribution in [0.25, 0.3) is 0 Å². The Bertz CT molecular complexity index is 609. The Morgan fingerprint density at radius 2 is 2.00 bits per heavy atom. The van der Waals surface area contributed by atoms with Gasteiger partial charge in [0.1, 0.15) is 0 Å². The van der Waals surface area contributed by atoms with Gasteiger partial charge >= 0.3 is 0 Å². The first-order valence-electron chi connectivity index (χ1n) is 11.5. The smallest absolute Gasteiger partial charge is 0.191 e. The number of nitrogens with zero attached hydrogens (tertiary/aromatic N) is 2. The number of halogens is 1. The first kappa shape index (κ1) is 25.9. The molecule has 1 aromatic heterocycles. The van der Waals surface area contributed by atoms with Crippen LogP contribution in [0.5, 0.6) is 0 Å². The summed E-state index contributed by atoms with van der Waals surface area (Å²) in [4.78, 5) is 8.59. The van der Waals surface area contributed by atoms with Crippen molar-refractivity contribution in [2.24, 2.45) is 4.99 Å². The number of ether oxygens (including phenoxy) is 1. The molecule has 0 bridgehead atoms. The molecule has 2 N–H and O–H groups in total. The lowest BCUT2D eigenvalue weighted by atomic mass is 9.73. The fourth-order valence-corrected chi connectivity index (χ4v) is 5.67. The van der Waals surface area contributed by atoms with E-state index in [9.17, 15) is 0 Å². The van der Waals surface area contributed by atoms with Crippen molar-refractivity contribution in [2.75, 3.05) is 39.8 Å². The molecule has 0 radical (unpaired) electrons. The zero-order valence-electron chi connectivity index (χ0n) is 19.0. The molecule has 0 spiro atoms. The third-order valence-corrected chi connectivity index (χ3v) is 7.58. The van der Waals surface area contributed by atoms with E-state index in [0.29, 0.717) is 12.1 Å². The van der Waals surface area contributed by atoms with Crippen LogP contribution in [-0.4, -0.2) is 62.8 Å². The topological polar surface area (TPSA) is 48.9 Å². The maximum atomic E-state index is 5.70. The lowest BCUT2D eigenvalue weighted by Crippen LogP contribution is -2.51. The Hall–Kier alpha value is -0.380. The standard InChI is InChI=1S/C23H40N4OS.HI/c1-19(2)28-16-15-27-13-9-20(10-14-27)26-22(24-3)25-18-23(11-5-4-6-12-23)21-8-7-17-29-21;/h7-8,17,19-20H,4-6,9-16,18H2,1-3H3,(H2,24,25,26);1H. The van der Waals surface area contributed by atoms with Gasteiger partial charge in [0.2, 0.25) is 0 Å². The average Bonchev–Trinajstić information content (AvgIpc) is 3.28. The van der Waals surface area contributed by atoms with Crippen LogP contribution < -0.4 is 10.6 Å². The molecule has 0 unspecified atom stereocenters. The Kier molecular flexibility index (Phi) is 11.4. The molecule has 3 rings (SSSR count). The zero-order valence-corrected chi connectivity index (χ0v) is 22.1. The van der Waals surface area contributed by atoms with Crippen molar-refractivity contribution in [3.63, 3.8) is 0 Å². The Morgan fingerprint density at radius 1 is 1.27 bits per heavy atom. The van der Waals surface area contributed by atoms with Gasteiger partial charge in [0.05, 0.1) is 12.7 Å². The van der Waals surface area contributed by atoms with Gasteiger partial charge in [-0.05, 0) is 51.0 Å². The van der Waals surface area contributed by atoms with Crippen molar-refractivity contribution < 1.29 is 4.74 Å². The lowest BCUT2D eigenvalue weighted by Gasteiger charge is -2.38. The van der Waals surface area contributed by atoms with Gasteiger partial charge in [-0.1, -0.05) is 25.3 Å². The van der Waals surface area contributed by atoms with Crippen molar-refractivity contribution in [3.8, 4) is 0 Å². The number of likely N-dealkylation sites (tertiary alicyclic amines) is 1. The van der Waals surface area contributed by atoms with E-state index in [1.54, 1.807) is 0 Å². The van der Waals surface area contributed by atoms with Gasteiger partial charge in [-0.3, -0.25) is 4.99 Å². The monoisotopic (exact) mass is 548 g/mol. The number of nitrogens with one attached hydrogen (secondary N) is 2. The summed E-state index contributed by atoms with van der Waals surface area (Å²) in [6, 6.07) is 5.03. The van der Waals surface area contributed by atoms with Crippen molar-refractivity contribution in [3.05, 3.63) is 22.4 Å². The first-order chi connectivity index (χ1) is 14.1.